The van der Waals surface area contributed by atoms with E-state index < -0.39 is 0 Å². The molecular weight excluding hydrogens is 202 g/mol. The predicted octanol–water partition coefficient (Wildman–Crippen LogP) is 3.61. The average molecular weight is 219 g/mol. The summed E-state index contributed by atoms with van der Waals surface area (Å²) in [5.41, 5.74) is 0.584. The van der Waals surface area contributed by atoms with Crippen LogP contribution in [0.5, 0.6) is 5.75 Å². The van der Waals surface area contributed by atoms with Gasteiger partial charge in [0.1, 0.15) is 5.75 Å². The van der Waals surface area contributed by atoms with Gasteiger partial charge in [-0.25, -0.2) is 4.79 Å². The Hall–Kier alpha value is -1.60. The number of nitrogens with zero attached hydrogens (tertiary/aromatic N) is 1. The SMILES string of the molecule is CCCCCCOc1cccc(N=C=O)c1. The Morgan fingerprint density at radius 2 is 2.19 bits per heavy atom. The number of rotatable bonds is 7. The lowest BCUT2D eigenvalue weighted by atomic mass is 10.2. The molecular formula is C13H17NO2. The first-order valence-electron chi connectivity index (χ1n) is 5.67. The fourth-order valence-corrected chi connectivity index (χ4v) is 1.41. The van der Waals surface area contributed by atoms with Gasteiger partial charge in [-0.15, -0.1) is 0 Å². The molecule has 0 aromatic heterocycles. The van der Waals surface area contributed by atoms with E-state index in [1.807, 2.05) is 12.1 Å². The lowest BCUT2D eigenvalue weighted by Crippen LogP contribution is -1.96. The van der Waals surface area contributed by atoms with Gasteiger partial charge in [0.2, 0.25) is 6.08 Å². The van der Waals surface area contributed by atoms with Crippen LogP contribution >= 0.6 is 0 Å². The molecule has 0 aliphatic carbocycles. The van der Waals surface area contributed by atoms with Crippen LogP contribution in [0.1, 0.15) is 32.6 Å². The number of benzene rings is 1. The second-order valence-corrected chi connectivity index (χ2v) is 3.61. The van der Waals surface area contributed by atoms with Crippen LogP contribution in [0.15, 0.2) is 29.3 Å². The van der Waals surface area contributed by atoms with Gasteiger partial charge in [0.25, 0.3) is 0 Å². The molecule has 0 bridgehead atoms. The van der Waals surface area contributed by atoms with Crippen LogP contribution in [0.25, 0.3) is 0 Å². The van der Waals surface area contributed by atoms with Crippen LogP contribution in [0.2, 0.25) is 0 Å². The van der Waals surface area contributed by atoms with E-state index in [0.717, 1.165) is 12.2 Å². The summed E-state index contributed by atoms with van der Waals surface area (Å²) in [7, 11) is 0. The number of carbonyl (C=O) groups excluding carboxylic acids is 1. The van der Waals surface area contributed by atoms with Crippen molar-refractivity contribution in [1.82, 2.24) is 0 Å². The van der Waals surface area contributed by atoms with Gasteiger partial charge in [0.15, 0.2) is 0 Å². The second kappa shape index (κ2) is 7.66. The normalized spacial score (nSPS) is 9.56. The van der Waals surface area contributed by atoms with Crippen molar-refractivity contribution in [2.45, 2.75) is 32.6 Å². The van der Waals surface area contributed by atoms with Crippen molar-refractivity contribution in [3.63, 3.8) is 0 Å². The molecule has 0 N–H and O–H groups in total. The molecule has 0 aliphatic rings. The van der Waals surface area contributed by atoms with Gasteiger partial charge in [0, 0.05) is 6.07 Å². The van der Waals surface area contributed by atoms with Gasteiger partial charge in [-0.1, -0.05) is 32.3 Å². The first-order chi connectivity index (χ1) is 7.86. The van der Waals surface area contributed by atoms with Crippen LogP contribution in [0.4, 0.5) is 5.69 Å². The quantitative estimate of drug-likeness (QED) is 0.399. The summed E-state index contributed by atoms with van der Waals surface area (Å²) < 4.78 is 5.55. The molecule has 0 saturated carbocycles. The summed E-state index contributed by atoms with van der Waals surface area (Å²) in [5, 5.41) is 0. The Labute approximate surface area is 96.2 Å². The minimum Gasteiger partial charge on any atom is -0.494 e. The molecule has 0 unspecified atom stereocenters. The number of hydrogen-bond donors (Lipinski definition) is 0. The maximum Gasteiger partial charge on any atom is 0.240 e. The summed E-state index contributed by atoms with van der Waals surface area (Å²) in [4.78, 5) is 13.6. The number of ether oxygens (including phenoxy) is 1. The van der Waals surface area contributed by atoms with Crippen LogP contribution in [0, 0.1) is 0 Å². The predicted molar refractivity (Wildman–Crippen MR) is 63.9 cm³/mol. The molecule has 0 amide bonds. The van der Waals surface area contributed by atoms with Crippen molar-refractivity contribution in [3.05, 3.63) is 24.3 Å². The molecule has 3 nitrogen and oxygen atoms in total. The molecule has 1 rings (SSSR count). The Kier molecular flexibility index (Phi) is 5.97. The minimum absolute atomic E-state index is 0.584. The Balaban J connectivity index is 2.36. The third-order valence-electron chi connectivity index (χ3n) is 2.26. The van der Waals surface area contributed by atoms with E-state index in [-0.39, 0.29) is 0 Å². The van der Waals surface area contributed by atoms with Crippen LogP contribution in [-0.4, -0.2) is 12.7 Å². The lowest BCUT2D eigenvalue weighted by molar-refractivity contribution is 0.305. The Morgan fingerprint density at radius 3 is 2.94 bits per heavy atom. The summed E-state index contributed by atoms with van der Waals surface area (Å²) in [6.45, 7) is 2.90. The monoisotopic (exact) mass is 219 g/mol. The number of isocyanates is 1. The molecule has 1 aromatic carbocycles. The van der Waals surface area contributed by atoms with Gasteiger partial charge >= 0.3 is 0 Å². The van der Waals surface area contributed by atoms with Crippen molar-refractivity contribution in [1.29, 1.82) is 0 Å². The number of unbranched alkanes of at least 4 members (excludes halogenated alkanes) is 3. The van der Waals surface area contributed by atoms with Gasteiger partial charge in [-0.2, -0.15) is 4.99 Å². The summed E-state index contributed by atoms with van der Waals surface area (Å²) in [5.74, 6) is 0.757. The summed E-state index contributed by atoms with van der Waals surface area (Å²) in [6, 6.07) is 7.17. The van der Waals surface area contributed by atoms with Crippen LogP contribution in [0.3, 0.4) is 0 Å². The van der Waals surface area contributed by atoms with Crippen molar-refractivity contribution in [3.8, 4) is 5.75 Å². The molecule has 0 fully saturated rings. The standard InChI is InChI=1S/C13H17NO2/c1-2-3-4-5-9-16-13-8-6-7-12(10-13)14-11-15/h6-8,10H,2-5,9H2,1H3. The van der Waals surface area contributed by atoms with E-state index in [9.17, 15) is 4.79 Å². The van der Waals surface area contributed by atoms with Crippen molar-refractivity contribution in [2.24, 2.45) is 4.99 Å². The minimum atomic E-state index is 0.584. The first-order valence-corrected chi connectivity index (χ1v) is 5.67. The summed E-state index contributed by atoms with van der Waals surface area (Å²) >= 11 is 0. The molecule has 0 atom stereocenters. The smallest absolute Gasteiger partial charge is 0.240 e. The summed E-state index contributed by atoms with van der Waals surface area (Å²) in [6.07, 6.45) is 6.25. The molecule has 86 valence electrons. The molecule has 1 aromatic rings. The molecule has 0 radical (unpaired) electrons. The van der Waals surface area contributed by atoms with E-state index in [1.165, 1.54) is 25.3 Å². The first kappa shape index (κ1) is 12.5. The highest BCUT2D eigenvalue weighted by molar-refractivity contribution is 5.51. The fraction of sp³-hybridized carbons (Fsp3) is 0.462. The van der Waals surface area contributed by atoms with Gasteiger partial charge < -0.3 is 4.74 Å². The zero-order valence-electron chi connectivity index (χ0n) is 9.61. The lowest BCUT2D eigenvalue weighted by Gasteiger charge is -2.05. The average Bonchev–Trinajstić information content (AvgIpc) is 2.30. The number of aliphatic imine (C=N–C) groups is 1. The van der Waals surface area contributed by atoms with E-state index in [2.05, 4.69) is 11.9 Å². The maximum absolute atomic E-state index is 10.1. The van der Waals surface area contributed by atoms with E-state index in [1.54, 1.807) is 12.1 Å². The van der Waals surface area contributed by atoms with Gasteiger partial charge in [0.05, 0.1) is 12.3 Å². The van der Waals surface area contributed by atoms with Crippen molar-refractivity contribution in [2.75, 3.05) is 6.61 Å². The zero-order chi connectivity index (χ0) is 11.6. The highest BCUT2D eigenvalue weighted by Crippen LogP contribution is 2.19. The molecule has 0 heterocycles. The largest absolute Gasteiger partial charge is 0.494 e. The van der Waals surface area contributed by atoms with Crippen LogP contribution < -0.4 is 4.74 Å². The topological polar surface area (TPSA) is 38.7 Å². The Morgan fingerprint density at radius 1 is 1.31 bits per heavy atom. The third-order valence-corrected chi connectivity index (χ3v) is 2.26. The molecule has 0 aliphatic heterocycles. The van der Waals surface area contributed by atoms with Gasteiger partial charge in [-0.3, -0.25) is 0 Å². The molecule has 16 heavy (non-hydrogen) atoms. The van der Waals surface area contributed by atoms with E-state index in [0.29, 0.717) is 12.3 Å². The van der Waals surface area contributed by atoms with E-state index in [4.69, 9.17) is 4.74 Å². The highest BCUT2D eigenvalue weighted by atomic mass is 16.5. The van der Waals surface area contributed by atoms with E-state index >= 15 is 0 Å². The molecule has 0 spiro atoms. The second-order valence-electron chi connectivity index (χ2n) is 3.61. The zero-order valence-corrected chi connectivity index (χ0v) is 9.61. The van der Waals surface area contributed by atoms with Crippen LogP contribution in [-0.2, 0) is 4.79 Å². The van der Waals surface area contributed by atoms with Crippen molar-refractivity contribution < 1.29 is 9.53 Å². The van der Waals surface area contributed by atoms with Gasteiger partial charge in [-0.05, 0) is 18.6 Å². The maximum atomic E-state index is 10.1. The highest BCUT2D eigenvalue weighted by Gasteiger charge is 1.95. The fourth-order valence-electron chi connectivity index (χ4n) is 1.41. The van der Waals surface area contributed by atoms with Crippen molar-refractivity contribution >= 4 is 11.8 Å². The molecule has 0 saturated heterocycles. The molecule has 3 heteroatoms. The number of hydrogen-bond acceptors (Lipinski definition) is 3. The third kappa shape index (κ3) is 4.76. The Bertz CT molecular complexity index is 357.